The fraction of sp³-hybridized carbons (Fsp3) is 0.211. The lowest BCUT2D eigenvalue weighted by molar-refractivity contribution is -0.137. The van der Waals surface area contributed by atoms with E-state index in [4.69, 9.17) is 9.47 Å². The lowest BCUT2D eigenvalue weighted by atomic mass is 10.1. The zero-order valence-corrected chi connectivity index (χ0v) is 14.1. The van der Waals surface area contributed by atoms with Crippen molar-refractivity contribution in [2.24, 2.45) is 0 Å². The van der Waals surface area contributed by atoms with Gasteiger partial charge in [-0.15, -0.1) is 0 Å². The maximum absolute atomic E-state index is 12.4. The van der Waals surface area contributed by atoms with Gasteiger partial charge in [0.15, 0.2) is 0 Å². The van der Waals surface area contributed by atoms with Crippen LogP contribution in [0, 0.1) is 0 Å². The molecule has 0 spiro atoms. The van der Waals surface area contributed by atoms with Gasteiger partial charge in [-0.05, 0) is 30.7 Å². The van der Waals surface area contributed by atoms with Crippen LogP contribution in [0.4, 0.5) is 0 Å². The molecule has 0 aliphatic carbocycles. The van der Waals surface area contributed by atoms with Crippen LogP contribution in [-0.2, 0) is 16.1 Å². The van der Waals surface area contributed by atoms with Gasteiger partial charge in [-0.3, -0.25) is 9.48 Å². The summed E-state index contributed by atoms with van der Waals surface area (Å²) in [6, 6.07) is 15.1. The number of esters is 1. The maximum atomic E-state index is 12.4. The number of aromatic nitrogens is 2. The Hall–Kier alpha value is -3.15. The van der Waals surface area contributed by atoms with Gasteiger partial charge in [0.25, 0.3) is 5.78 Å². The number of Topliss-reactive ketones (excluding diaryl/α,β-unsaturated/α-hetero) is 1. The van der Waals surface area contributed by atoms with Crippen LogP contribution in [0.15, 0.2) is 48.5 Å². The summed E-state index contributed by atoms with van der Waals surface area (Å²) in [4.78, 5) is 24.3. The summed E-state index contributed by atoms with van der Waals surface area (Å²) in [5.74, 6) is -1.08. The number of ketones is 1. The topological polar surface area (TPSA) is 70.4 Å². The third-order valence-corrected chi connectivity index (χ3v) is 3.81. The van der Waals surface area contributed by atoms with Gasteiger partial charge >= 0.3 is 5.97 Å². The first-order valence-electron chi connectivity index (χ1n) is 7.94. The van der Waals surface area contributed by atoms with Crippen LogP contribution in [0.1, 0.15) is 23.0 Å². The third-order valence-electron chi connectivity index (χ3n) is 3.81. The number of methoxy groups -OCH3 is 1. The lowest BCUT2D eigenvalue weighted by Crippen LogP contribution is -2.18. The van der Waals surface area contributed by atoms with E-state index in [9.17, 15) is 9.59 Å². The van der Waals surface area contributed by atoms with Crippen molar-refractivity contribution in [2.75, 3.05) is 13.7 Å². The fourth-order valence-corrected chi connectivity index (χ4v) is 2.62. The molecule has 25 heavy (non-hydrogen) atoms. The minimum absolute atomic E-state index is 0.0725. The van der Waals surface area contributed by atoms with Crippen molar-refractivity contribution in [2.45, 2.75) is 13.5 Å². The molecular weight excluding hydrogens is 320 g/mol. The number of hydrogen-bond donors (Lipinski definition) is 0. The average Bonchev–Trinajstić information content (AvgIpc) is 2.99. The summed E-state index contributed by atoms with van der Waals surface area (Å²) in [5.41, 5.74) is 1.86. The summed E-state index contributed by atoms with van der Waals surface area (Å²) in [7, 11) is 1.54. The number of rotatable bonds is 6. The van der Waals surface area contributed by atoms with Crippen molar-refractivity contribution in [1.82, 2.24) is 9.78 Å². The zero-order valence-electron chi connectivity index (χ0n) is 14.1. The van der Waals surface area contributed by atoms with E-state index in [0.29, 0.717) is 17.7 Å². The van der Waals surface area contributed by atoms with Gasteiger partial charge in [0.2, 0.25) is 0 Å². The quantitative estimate of drug-likeness (QED) is 0.393. The second-order valence-electron chi connectivity index (χ2n) is 5.42. The van der Waals surface area contributed by atoms with Crippen LogP contribution in [0.3, 0.4) is 0 Å². The largest absolute Gasteiger partial charge is 0.497 e. The Balaban J connectivity index is 2.09. The van der Waals surface area contributed by atoms with E-state index < -0.39 is 11.8 Å². The van der Waals surface area contributed by atoms with E-state index in [2.05, 4.69) is 5.10 Å². The Bertz CT molecular complexity index is 916. The lowest BCUT2D eigenvalue weighted by Gasteiger charge is -2.04. The predicted octanol–water partition coefficient (Wildman–Crippen LogP) is 2.84. The normalized spacial score (nSPS) is 10.6. The summed E-state index contributed by atoms with van der Waals surface area (Å²) in [6.07, 6.45) is 0. The van der Waals surface area contributed by atoms with Crippen LogP contribution in [0.2, 0.25) is 0 Å². The second kappa shape index (κ2) is 7.17. The van der Waals surface area contributed by atoms with Crippen molar-refractivity contribution in [3.8, 4) is 5.75 Å². The highest BCUT2D eigenvalue weighted by atomic mass is 16.5. The molecule has 0 aliphatic heterocycles. The smallest absolute Gasteiger partial charge is 0.381 e. The first-order chi connectivity index (χ1) is 12.1. The van der Waals surface area contributed by atoms with E-state index in [1.165, 1.54) is 0 Å². The molecule has 128 valence electrons. The molecule has 0 aliphatic rings. The Morgan fingerprint density at radius 1 is 1.12 bits per heavy atom. The molecule has 3 rings (SSSR count). The van der Waals surface area contributed by atoms with Crippen molar-refractivity contribution < 1.29 is 19.1 Å². The van der Waals surface area contributed by atoms with Gasteiger partial charge < -0.3 is 9.47 Å². The number of carbonyl (C=O) groups is 2. The minimum Gasteiger partial charge on any atom is -0.497 e. The van der Waals surface area contributed by atoms with E-state index in [-0.39, 0.29) is 12.3 Å². The molecule has 6 heteroatoms. The number of benzene rings is 2. The predicted molar refractivity (Wildman–Crippen MR) is 92.8 cm³/mol. The molecule has 0 atom stereocenters. The molecule has 6 nitrogen and oxygen atoms in total. The highest BCUT2D eigenvalue weighted by Gasteiger charge is 2.25. The zero-order chi connectivity index (χ0) is 17.8. The van der Waals surface area contributed by atoms with Crippen molar-refractivity contribution in [3.63, 3.8) is 0 Å². The highest BCUT2D eigenvalue weighted by molar-refractivity contribution is 6.42. The number of hydrogen-bond acceptors (Lipinski definition) is 5. The van der Waals surface area contributed by atoms with Crippen molar-refractivity contribution in [1.29, 1.82) is 0 Å². The van der Waals surface area contributed by atoms with Crippen molar-refractivity contribution >= 4 is 22.7 Å². The van der Waals surface area contributed by atoms with Crippen LogP contribution in [0.25, 0.3) is 10.9 Å². The van der Waals surface area contributed by atoms with E-state index in [1.54, 1.807) is 30.8 Å². The minimum atomic E-state index is -0.906. The molecule has 0 saturated heterocycles. The molecule has 0 N–H and O–H groups in total. The molecular formula is C19H18N2O4. The molecule has 3 aromatic rings. The van der Waals surface area contributed by atoms with Crippen LogP contribution in [-0.4, -0.2) is 35.2 Å². The molecule has 0 bridgehead atoms. The summed E-state index contributed by atoms with van der Waals surface area (Å²) >= 11 is 0. The fourth-order valence-electron chi connectivity index (χ4n) is 2.62. The van der Waals surface area contributed by atoms with Gasteiger partial charge in [-0.2, -0.15) is 5.10 Å². The average molecular weight is 338 g/mol. The molecule has 2 aromatic carbocycles. The summed E-state index contributed by atoms with van der Waals surface area (Å²) in [6.45, 7) is 2.27. The van der Waals surface area contributed by atoms with E-state index >= 15 is 0 Å². The van der Waals surface area contributed by atoms with E-state index in [0.717, 1.165) is 11.1 Å². The molecule has 0 unspecified atom stereocenters. The van der Waals surface area contributed by atoms with Crippen LogP contribution < -0.4 is 4.74 Å². The van der Waals surface area contributed by atoms with Gasteiger partial charge in [-0.25, -0.2) is 4.79 Å². The molecule has 1 aromatic heterocycles. The number of carbonyl (C=O) groups excluding carboxylic acids is 2. The number of nitrogens with zero attached hydrogens (tertiary/aromatic N) is 2. The number of fused-ring (bicyclic) bond motifs is 1. The molecule has 0 fully saturated rings. The van der Waals surface area contributed by atoms with Gasteiger partial charge in [0.05, 0.1) is 25.8 Å². The first kappa shape index (κ1) is 16.7. The summed E-state index contributed by atoms with van der Waals surface area (Å²) in [5, 5.41) is 4.94. The molecule has 0 radical (unpaired) electrons. The summed E-state index contributed by atoms with van der Waals surface area (Å²) < 4.78 is 11.8. The van der Waals surface area contributed by atoms with Gasteiger partial charge in [0, 0.05) is 5.39 Å². The van der Waals surface area contributed by atoms with Crippen molar-refractivity contribution in [3.05, 3.63) is 59.8 Å². The molecule has 0 saturated carbocycles. The molecule has 1 heterocycles. The second-order valence-corrected chi connectivity index (χ2v) is 5.42. The highest BCUT2D eigenvalue weighted by Crippen LogP contribution is 2.25. The van der Waals surface area contributed by atoms with Crippen LogP contribution >= 0.6 is 0 Å². The monoisotopic (exact) mass is 338 g/mol. The third kappa shape index (κ3) is 3.38. The maximum Gasteiger partial charge on any atom is 0.381 e. The Morgan fingerprint density at radius 2 is 1.88 bits per heavy atom. The molecule has 0 amide bonds. The Kier molecular flexibility index (Phi) is 4.79. The SMILES string of the molecule is CCOC(=O)C(=O)c1nn(Cc2ccccc2)c2ccc(OC)cc12. The Labute approximate surface area is 145 Å². The van der Waals surface area contributed by atoms with Gasteiger partial charge in [0.1, 0.15) is 11.4 Å². The van der Waals surface area contributed by atoms with Crippen LogP contribution in [0.5, 0.6) is 5.75 Å². The van der Waals surface area contributed by atoms with Gasteiger partial charge in [-0.1, -0.05) is 30.3 Å². The number of ether oxygens (including phenoxy) is 2. The standard InChI is InChI=1S/C19H18N2O4/c1-3-25-19(23)18(22)17-15-11-14(24-2)9-10-16(15)21(20-17)12-13-7-5-4-6-8-13/h4-11H,3,12H2,1-2H3. The van der Waals surface area contributed by atoms with E-state index in [1.807, 2.05) is 36.4 Å². The Morgan fingerprint density at radius 3 is 2.56 bits per heavy atom. The first-order valence-corrected chi connectivity index (χ1v) is 7.94.